The Morgan fingerprint density at radius 3 is 2.20 bits per heavy atom. The molecule has 0 radical (unpaired) electrons. The average molecular weight is 647 g/mol. The summed E-state index contributed by atoms with van der Waals surface area (Å²) in [4.78, 5) is 45.1. The highest BCUT2D eigenvalue weighted by Gasteiger charge is 2.23. The van der Waals surface area contributed by atoms with Crippen molar-refractivity contribution in [3.05, 3.63) is 148 Å². The highest BCUT2D eigenvalue weighted by Crippen LogP contribution is 2.37. The van der Waals surface area contributed by atoms with Crippen molar-refractivity contribution in [1.29, 1.82) is 0 Å². The molecule has 1 unspecified atom stereocenters. The van der Waals surface area contributed by atoms with Gasteiger partial charge in [-0.2, -0.15) is 11.3 Å². The number of aromatic nitrogens is 1. The molecule has 6 aromatic rings. The molecule has 45 heavy (non-hydrogen) atoms. The summed E-state index contributed by atoms with van der Waals surface area (Å²) in [6.45, 7) is 0. The molecule has 0 spiro atoms. The normalized spacial score (nSPS) is 12.0. The van der Waals surface area contributed by atoms with Gasteiger partial charge in [0.05, 0.1) is 10.2 Å². The van der Waals surface area contributed by atoms with Gasteiger partial charge in [0.1, 0.15) is 10.9 Å². The van der Waals surface area contributed by atoms with Gasteiger partial charge in [0.2, 0.25) is 5.91 Å². The number of para-hydroxylation sites is 1. The van der Waals surface area contributed by atoms with E-state index >= 15 is 0 Å². The van der Waals surface area contributed by atoms with Gasteiger partial charge in [-0.3, -0.25) is 14.4 Å². The van der Waals surface area contributed by atoms with Crippen LogP contribution in [0.15, 0.2) is 137 Å². The van der Waals surface area contributed by atoms with Crippen molar-refractivity contribution >= 4 is 79.3 Å². The molecule has 3 amide bonds. The van der Waals surface area contributed by atoms with Crippen LogP contribution in [-0.4, -0.2) is 22.7 Å². The molecule has 4 aromatic carbocycles. The molecule has 0 aliphatic carbocycles. The van der Waals surface area contributed by atoms with E-state index in [1.54, 1.807) is 42.5 Å². The lowest BCUT2D eigenvalue weighted by atomic mass is 10.1. The van der Waals surface area contributed by atoms with Crippen LogP contribution >= 0.6 is 34.4 Å². The fourth-order valence-electron chi connectivity index (χ4n) is 4.41. The van der Waals surface area contributed by atoms with E-state index < -0.39 is 11.2 Å². The molecule has 222 valence electrons. The van der Waals surface area contributed by atoms with Gasteiger partial charge in [-0.15, -0.1) is 11.8 Å². The third-order valence-corrected chi connectivity index (χ3v) is 9.53. The van der Waals surface area contributed by atoms with Crippen LogP contribution in [0, 0.1) is 0 Å². The van der Waals surface area contributed by atoms with Gasteiger partial charge in [-0.25, -0.2) is 4.98 Å². The van der Waals surface area contributed by atoms with Gasteiger partial charge >= 0.3 is 0 Å². The maximum Gasteiger partial charge on any atom is 0.272 e. The number of anilines is 2. The molecular formula is C35H26N4O3S3. The first kappa shape index (κ1) is 30.0. The number of fused-ring (bicyclic) bond motifs is 1. The summed E-state index contributed by atoms with van der Waals surface area (Å²) in [6.07, 6.45) is 1.64. The number of nitrogens with zero attached hydrogens (tertiary/aromatic N) is 1. The van der Waals surface area contributed by atoms with Gasteiger partial charge in [0, 0.05) is 16.1 Å². The van der Waals surface area contributed by atoms with Crippen molar-refractivity contribution in [2.24, 2.45) is 0 Å². The summed E-state index contributed by atoms with van der Waals surface area (Å²) in [5, 5.41) is 12.4. The van der Waals surface area contributed by atoms with E-state index in [1.807, 2.05) is 89.6 Å². The van der Waals surface area contributed by atoms with E-state index in [4.69, 9.17) is 0 Å². The van der Waals surface area contributed by atoms with Crippen molar-refractivity contribution in [2.45, 2.75) is 10.1 Å². The van der Waals surface area contributed by atoms with Crippen LogP contribution in [0.5, 0.6) is 0 Å². The number of amides is 3. The molecule has 6 rings (SSSR count). The zero-order valence-corrected chi connectivity index (χ0v) is 26.1. The van der Waals surface area contributed by atoms with Crippen LogP contribution in [0.4, 0.5) is 10.8 Å². The van der Waals surface area contributed by atoms with Crippen molar-refractivity contribution in [1.82, 2.24) is 10.3 Å². The third kappa shape index (κ3) is 7.74. The van der Waals surface area contributed by atoms with Crippen LogP contribution in [0.25, 0.3) is 16.3 Å². The minimum atomic E-state index is -0.535. The fraction of sp³-hybridized carbons (Fsp3) is 0.0286. The first-order chi connectivity index (χ1) is 22.0. The Hall–Kier alpha value is -5.03. The summed E-state index contributed by atoms with van der Waals surface area (Å²) < 4.78 is 1.00. The molecular weight excluding hydrogens is 621 g/mol. The summed E-state index contributed by atoms with van der Waals surface area (Å²) in [5.41, 5.74) is 3.62. The fourth-order valence-corrected chi connectivity index (χ4v) is 6.93. The monoisotopic (exact) mass is 646 g/mol. The average Bonchev–Trinajstić information content (AvgIpc) is 3.74. The lowest BCUT2D eigenvalue weighted by Crippen LogP contribution is -2.30. The van der Waals surface area contributed by atoms with E-state index in [0.29, 0.717) is 16.4 Å². The first-order valence-electron chi connectivity index (χ1n) is 13.9. The quantitative estimate of drug-likeness (QED) is 0.103. The number of thiophene rings is 1. The Labute approximate surface area is 272 Å². The van der Waals surface area contributed by atoms with Gasteiger partial charge in [-0.05, 0) is 82.6 Å². The minimum Gasteiger partial charge on any atom is -0.321 e. The van der Waals surface area contributed by atoms with Crippen LogP contribution < -0.4 is 16.0 Å². The van der Waals surface area contributed by atoms with Gasteiger partial charge in [-0.1, -0.05) is 72.0 Å². The number of thiazole rings is 1. The molecule has 0 aliphatic rings. The molecule has 0 aliphatic heterocycles. The predicted octanol–water partition coefficient (Wildman–Crippen LogP) is 8.24. The summed E-state index contributed by atoms with van der Waals surface area (Å²) >= 11 is 4.34. The second-order valence-corrected chi connectivity index (χ2v) is 12.8. The van der Waals surface area contributed by atoms with E-state index in [-0.39, 0.29) is 17.5 Å². The van der Waals surface area contributed by atoms with Gasteiger partial charge in [0.15, 0.2) is 5.13 Å². The molecule has 7 nitrogen and oxygen atoms in total. The largest absolute Gasteiger partial charge is 0.321 e. The molecule has 0 bridgehead atoms. The standard InChI is InChI=1S/C35H26N4O3S3/c40-32(25-11-5-2-6-12-25)37-29(21-23-19-20-43-22-23)33(41)36-26-15-17-27(18-16-26)44-31(24-9-3-1-4-10-24)34(42)39-35-38-28-13-7-8-14-30(28)45-35/h1-22,31H,(H,36,41)(H,37,40)(H,38,39,42)/b29-21-. The van der Waals surface area contributed by atoms with E-state index in [1.165, 1.54) is 34.4 Å². The van der Waals surface area contributed by atoms with Gasteiger partial charge < -0.3 is 16.0 Å². The molecule has 2 heterocycles. The van der Waals surface area contributed by atoms with Crippen molar-refractivity contribution in [2.75, 3.05) is 10.6 Å². The number of thioether (sulfide) groups is 1. The third-order valence-electron chi connectivity index (χ3n) is 6.61. The first-order valence-corrected chi connectivity index (χ1v) is 16.6. The summed E-state index contributed by atoms with van der Waals surface area (Å²) in [6, 6.07) is 35.2. The van der Waals surface area contributed by atoms with Crippen molar-refractivity contribution in [3.8, 4) is 0 Å². The van der Waals surface area contributed by atoms with Crippen LogP contribution in [0.2, 0.25) is 0 Å². The van der Waals surface area contributed by atoms with E-state index in [9.17, 15) is 14.4 Å². The summed E-state index contributed by atoms with van der Waals surface area (Å²) in [5.74, 6) is -1.02. The maximum atomic E-state index is 13.5. The molecule has 2 aromatic heterocycles. The Kier molecular flexibility index (Phi) is 9.45. The van der Waals surface area contributed by atoms with Crippen LogP contribution in [0.3, 0.4) is 0 Å². The number of benzene rings is 4. The Bertz CT molecular complexity index is 1920. The zero-order valence-electron chi connectivity index (χ0n) is 23.7. The van der Waals surface area contributed by atoms with E-state index in [2.05, 4.69) is 20.9 Å². The SMILES string of the molecule is O=C(Nc1ccc(SC(C(=O)Nc2nc3ccccc3s2)c2ccccc2)cc1)/C(=C/c1ccsc1)NC(=O)c1ccccc1. The van der Waals surface area contributed by atoms with E-state index in [0.717, 1.165) is 26.2 Å². The number of carbonyl (C=O) groups is 3. The zero-order chi connectivity index (χ0) is 31.0. The highest BCUT2D eigenvalue weighted by atomic mass is 32.2. The Morgan fingerprint density at radius 2 is 1.49 bits per heavy atom. The van der Waals surface area contributed by atoms with Crippen LogP contribution in [-0.2, 0) is 9.59 Å². The lowest BCUT2D eigenvalue weighted by molar-refractivity contribution is -0.116. The van der Waals surface area contributed by atoms with Crippen molar-refractivity contribution in [3.63, 3.8) is 0 Å². The smallest absolute Gasteiger partial charge is 0.272 e. The van der Waals surface area contributed by atoms with Gasteiger partial charge in [0.25, 0.3) is 11.8 Å². The van der Waals surface area contributed by atoms with Crippen LogP contribution in [0.1, 0.15) is 26.7 Å². The second kappa shape index (κ2) is 14.2. The maximum absolute atomic E-state index is 13.5. The Morgan fingerprint density at radius 1 is 0.778 bits per heavy atom. The molecule has 1 atom stereocenters. The molecule has 0 saturated heterocycles. The molecule has 0 fully saturated rings. The topological polar surface area (TPSA) is 100 Å². The number of hydrogen-bond donors (Lipinski definition) is 3. The molecule has 3 N–H and O–H groups in total. The Balaban J connectivity index is 1.17. The summed E-state index contributed by atoms with van der Waals surface area (Å²) in [7, 11) is 0. The second-order valence-electron chi connectivity index (χ2n) is 9.80. The molecule has 0 saturated carbocycles. The minimum absolute atomic E-state index is 0.122. The van der Waals surface area contributed by atoms with Crippen molar-refractivity contribution < 1.29 is 14.4 Å². The number of hydrogen-bond acceptors (Lipinski definition) is 7. The number of nitrogens with one attached hydrogen (secondary N) is 3. The number of rotatable bonds is 10. The predicted molar refractivity (Wildman–Crippen MR) is 185 cm³/mol. The number of carbonyl (C=O) groups excluding carboxylic acids is 3. The molecule has 10 heteroatoms. The highest BCUT2D eigenvalue weighted by molar-refractivity contribution is 8.00. The lowest BCUT2D eigenvalue weighted by Gasteiger charge is -2.16.